The summed E-state index contributed by atoms with van der Waals surface area (Å²) in [6.07, 6.45) is -17.8. The van der Waals surface area contributed by atoms with Crippen LogP contribution in [-0.4, -0.2) is 37.1 Å². The lowest BCUT2D eigenvalue weighted by Crippen LogP contribution is -2.50. The first kappa shape index (κ1) is 35.5. The molecule has 0 heterocycles. The van der Waals surface area contributed by atoms with Crippen molar-refractivity contribution < 1.29 is 62.6 Å². The average molecular weight is 744 g/mol. The van der Waals surface area contributed by atoms with Gasteiger partial charge in [-0.2, -0.15) is 31.6 Å². The fourth-order valence-corrected chi connectivity index (χ4v) is 4.91. The highest BCUT2D eigenvalue weighted by atomic mass is 79.9. The normalized spacial score (nSPS) is 13.9. The van der Waals surface area contributed by atoms with Gasteiger partial charge in [0.15, 0.2) is 11.6 Å². The lowest BCUT2D eigenvalue weighted by molar-refractivity contribution is -0.348. The number of rotatable bonds is 8. The molecule has 0 saturated heterocycles. The lowest BCUT2D eigenvalue weighted by Gasteiger charge is -2.31. The summed E-state index contributed by atoms with van der Waals surface area (Å²) in [4.78, 5) is 27.5. The van der Waals surface area contributed by atoms with E-state index >= 15 is 4.39 Å². The Kier molecular flexibility index (Phi) is 9.55. The summed E-state index contributed by atoms with van der Waals surface area (Å²) in [5, 5.41) is 10.7. The lowest BCUT2D eigenvalue weighted by atomic mass is 9.93. The Balaban J connectivity index is 1.76. The molecule has 1 aliphatic rings. The number of carbonyl (C=O) groups excluding carboxylic acids is 2. The Bertz CT molecular complexity index is 1720. The maximum atomic E-state index is 15.9. The van der Waals surface area contributed by atoms with Gasteiger partial charge in [-0.15, -0.1) is 13.2 Å². The summed E-state index contributed by atoms with van der Waals surface area (Å²) >= 11 is 2.45. The first-order valence-corrected chi connectivity index (χ1v) is 13.8. The van der Waals surface area contributed by atoms with Crippen molar-refractivity contribution in [3.05, 3.63) is 87.1 Å². The molecule has 4 rings (SSSR count). The van der Waals surface area contributed by atoms with Crippen LogP contribution < -0.4 is 15.0 Å². The minimum absolute atomic E-state index is 0.0131. The van der Waals surface area contributed by atoms with Gasteiger partial charge in [-0.25, -0.2) is 8.78 Å². The molecule has 3 aromatic rings. The molecule has 0 bridgehead atoms. The van der Waals surface area contributed by atoms with E-state index in [1.165, 1.54) is 24.3 Å². The molecule has 6 nitrogen and oxygen atoms in total. The Morgan fingerprint density at radius 3 is 2.04 bits per heavy atom. The van der Waals surface area contributed by atoms with E-state index in [-0.39, 0.29) is 29.7 Å². The van der Waals surface area contributed by atoms with Crippen LogP contribution in [0.5, 0.6) is 5.75 Å². The highest BCUT2D eigenvalue weighted by Crippen LogP contribution is 2.55. The topological polar surface area (TPSA) is 82.4 Å². The monoisotopic (exact) mass is 743 g/mol. The van der Waals surface area contributed by atoms with Crippen LogP contribution in [0.4, 0.5) is 59.7 Å². The second-order valence-corrected chi connectivity index (χ2v) is 11.0. The number of carbonyl (C=O) groups is 2. The number of amides is 2. The maximum Gasteiger partial charge on any atom is 0.573 e. The molecular weight excluding hydrogens is 727 g/mol. The van der Waals surface area contributed by atoms with E-state index in [0.717, 1.165) is 23.1 Å². The van der Waals surface area contributed by atoms with Crippen LogP contribution in [0.3, 0.4) is 0 Å². The summed E-state index contributed by atoms with van der Waals surface area (Å²) in [6.45, 7) is -0.0131. The van der Waals surface area contributed by atoms with Gasteiger partial charge >= 0.3 is 24.4 Å². The molecule has 1 N–H and O–H groups in total. The van der Waals surface area contributed by atoms with Crippen molar-refractivity contribution in [1.82, 2.24) is 0 Å². The van der Waals surface area contributed by atoms with Gasteiger partial charge in [-0.3, -0.25) is 9.59 Å². The Morgan fingerprint density at radius 2 is 1.53 bits per heavy atom. The second kappa shape index (κ2) is 12.7. The van der Waals surface area contributed by atoms with Gasteiger partial charge in [0.2, 0.25) is 0 Å². The second-order valence-electron chi connectivity index (χ2n) is 10.2. The van der Waals surface area contributed by atoms with Crippen molar-refractivity contribution in [2.45, 2.75) is 37.2 Å². The van der Waals surface area contributed by atoms with Crippen LogP contribution in [0.15, 0.2) is 59.1 Å². The van der Waals surface area contributed by atoms with Gasteiger partial charge in [-0.05, 0) is 83.2 Å². The van der Waals surface area contributed by atoms with Crippen LogP contribution in [0.25, 0.3) is 0 Å². The zero-order valence-corrected chi connectivity index (χ0v) is 24.6. The molecule has 0 radical (unpaired) electrons. The number of anilines is 2. The van der Waals surface area contributed by atoms with Gasteiger partial charge in [0.05, 0.1) is 28.6 Å². The van der Waals surface area contributed by atoms with Crippen LogP contribution in [-0.2, 0) is 5.67 Å². The van der Waals surface area contributed by atoms with Crippen molar-refractivity contribution in [3.63, 3.8) is 0 Å². The molecular formula is C29H17BrF11N3O3. The summed E-state index contributed by atoms with van der Waals surface area (Å²) in [5.41, 5.74) is -10.8. The molecule has 0 spiro atoms. The van der Waals surface area contributed by atoms with Crippen molar-refractivity contribution in [3.8, 4) is 11.8 Å². The molecule has 47 heavy (non-hydrogen) atoms. The van der Waals surface area contributed by atoms with E-state index in [9.17, 15) is 53.5 Å². The molecule has 250 valence electrons. The highest BCUT2D eigenvalue weighted by Gasteiger charge is 2.73. The number of benzene rings is 3. The van der Waals surface area contributed by atoms with E-state index in [1.807, 2.05) is 6.07 Å². The van der Waals surface area contributed by atoms with Crippen LogP contribution >= 0.6 is 15.9 Å². The van der Waals surface area contributed by atoms with E-state index in [1.54, 1.807) is 5.32 Å². The first-order valence-electron chi connectivity index (χ1n) is 13.0. The molecule has 1 fully saturated rings. The standard InChI is InChI=1S/C29H17BrF11N3O3/c30-19-10-17(26(32,27(33,34)35)28(36,37)38)11-21(47-29(39,40)41)23(19)43-24(45)18-2-1-3-20(22(18)31)44(13-15-4-5-15)25(46)16-8-6-14(12-42)7-9-16/h1-3,6-11,15H,4-5,13H2,(H,43,45). The number of nitrogens with zero attached hydrogens (tertiary/aromatic N) is 2. The number of nitrogens with one attached hydrogen (secondary N) is 1. The van der Waals surface area contributed by atoms with Gasteiger partial charge in [0, 0.05) is 22.1 Å². The van der Waals surface area contributed by atoms with Crippen LogP contribution in [0.1, 0.15) is 44.7 Å². The van der Waals surface area contributed by atoms with Gasteiger partial charge in [-0.1, -0.05) is 6.07 Å². The third-order valence-electron chi connectivity index (χ3n) is 6.85. The Hall–Kier alpha value is -4.40. The molecule has 18 heteroatoms. The molecule has 3 aromatic carbocycles. The SMILES string of the molecule is N#Cc1ccc(C(=O)N(CC2CC2)c2cccc(C(=O)Nc3c(Br)cc(C(F)(C(F)(F)F)C(F)(F)F)cc3OC(F)(F)F)c2F)cc1. The number of ether oxygens (including phenoxy) is 1. The van der Waals surface area contributed by atoms with E-state index in [2.05, 4.69) is 20.7 Å². The molecule has 0 aliphatic heterocycles. The van der Waals surface area contributed by atoms with Crippen molar-refractivity contribution in [2.75, 3.05) is 16.8 Å². The number of hydrogen-bond acceptors (Lipinski definition) is 4. The van der Waals surface area contributed by atoms with Crippen molar-refractivity contribution in [1.29, 1.82) is 5.26 Å². The third kappa shape index (κ3) is 7.45. The molecule has 1 aliphatic carbocycles. The summed E-state index contributed by atoms with van der Waals surface area (Å²) in [6, 6.07) is 9.50. The number of alkyl halides is 10. The highest BCUT2D eigenvalue weighted by molar-refractivity contribution is 9.10. The van der Waals surface area contributed by atoms with Gasteiger partial charge in [0.1, 0.15) is 0 Å². The van der Waals surface area contributed by atoms with Gasteiger partial charge in [0.25, 0.3) is 11.8 Å². The van der Waals surface area contributed by atoms with E-state index < -0.39 is 80.8 Å². The molecule has 2 amide bonds. The van der Waals surface area contributed by atoms with Gasteiger partial charge < -0.3 is 15.0 Å². The minimum atomic E-state index is -6.70. The fourth-order valence-electron chi connectivity index (χ4n) is 4.37. The van der Waals surface area contributed by atoms with Crippen LogP contribution in [0.2, 0.25) is 0 Å². The zero-order chi connectivity index (χ0) is 35.1. The number of hydrogen-bond donors (Lipinski definition) is 1. The predicted octanol–water partition coefficient (Wildman–Crippen LogP) is 8.96. The van der Waals surface area contributed by atoms with E-state index in [0.29, 0.717) is 12.8 Å². The number of nitriles is 1. The molecule has 1 saturated carbocycles. The molecule has 0 atom stereocenters. The predicted molar refractivity (Wildman–Crippen MR) is 146 cm³/mol. The quantitative estimate of drug-likeness (QED) is 0.234. The average Bonchev–Trinajstić information content (AvgIpc) is 3.79. The summed E-state index contributed by atoms with van der Waals surface area (Å²) in [7, 11) is 0. The molecule has 0 unspecified atom stereocenters. The smallest absolute Gasteiger partial charge is 0.404 e. The Labute approximate surface area is 265 Å². The summed E-state index contributed by atoms with van der Waals surface area (Å²) < 4.78 is 152. The summed E-state index contributed by atoms with van der Waals surface area (Å²) in [5.74, 6) is -5.60. The zero-order valence-electron chi connectivity index (χ0n) is 23.0. The van der Waals surface area contributed by atoms with Crippen molar-refractivity contribution >= 4 is 39.1 Å². The van der Waals surface area contributed by atoms with Crippen molar-refractivity contribution in [2.24, 2.45) is 5.92 Å². The molecule has 0 aromatic heterocycles. The van der Waals surface area contributed by atoms with Crippen LogP contribution in [0, 0.1) is 23.1 Å². The largest absolute Gasteiger partial charge is 0.573 e. The fraction of sp³-hybridized carbons (Fsp3) is 0.276. The Morgan fingerprint density at radius 1 is 0.936 bits per heavy atom. The third-order valence-corrected chi connectivity index (χ3v) is 7.48. The van der Waals surface area contributed by atoms with E-state index in [4.69, 9.17) is 5.26 Å². The minimum Gasteiger partial charge on any atom is -0.404 e. The number of halogens is 12. The maximum absolute atomic E-state index is 15.9. The first-order chi connectivity index (χ1) is 21.7.